The van der Waals surface area contributed by atoms with Crippen LogP contribution in [0.2, 0.25) is 0 Å². The number of halogens is 3. The van der Waals surface area contributed by atoms with Gasteiger partial charge in [0.2, 0.25) is 5.91 Å². The Morgan fingerprint density at radius 1 is 1.05 bits per heavy atom. The Hall–Kier alpha value is -1.47. The van der Waals surface area contributed by atoms with Gasteiger partial charge < -0.3 is 15.1 Å². The number of hydrogen-bond donors (Lipinski definition) is 1. The zero-order valence-corrected chi connectivity index (χ0v) is 13.5. The number of urea groups is 1. The summed E-state index contributed by atoms with van der Waals surface area (Å²) in [5.41, 5.74) is -0.555. The predicted molar refractivity (Wildman–Crippen MR) is 76.3 cm³/mol. The van der Waals surface area contributed by atoms with Gasteiger partial charge in [0.1, 0.15) is 6.04 Å². The van der Waals surface area contributed by atoms with E-state index in [0.29, 0.717) is 13.1 Å². The molecule has 0 bridgehead atoms. The molecule has 0 aromatic carbocycles. The molecule has 0 aliphatic carbocycles. The molecule has 1 fully saturated rings. The Morgan fingerprint density at radius 3 is 1.86 bits per heavy atom. The van der Waals surface area contributed by atoms with Crippen LogP contribution in [0.5, 0.6) is 0 Å². The lowest BCUT2D eigenvalue weighted by atomic mass is 9.88. The zero-order valence-electron chi connectivity index (χ0n) is 13.5. The molecule has 0 unspecified atom stereocenters. The van der Waals surface area contributed by atoms with Gasteiger partial charge in [0.15, 0.2) is 0 Å². The second-order valence-corrected chi connectivity index (χ2v) is 6.80. The molecule has 0 spiro atoms. The lowest BCUT2D eigenvalue weighted by Gasteiger charge is -2.36. The molecule has 1 saturated heterocycles. The summed E-state index contributed by atoms with van der Waals surface area (Å²) in [6.45, 7) is 7.70. The molecule has 1 N–H and O–H groups in total. The molecule has 1 aliphatic rings. The molecule has 0 aromatic rings. The lowest BCUT2D eigenvalue weighted by Crippen LogP contribution is -2.56. The minimum Gasteiger partial charge on any atom is -0.339 e. The van der Waals surface area contributed by atoms with E-state index < -0.39 is 23.7 Å². The summed E-state index contributed by atoms with van der Waals surface area (Å²) < 4.78 is 39.2. The van der Waals surface area contributed by atoms with Gasteiger partial charge in [-0.15, -0.1) is 0 Å². The summed E-state index contributed by atoms with van der Waals surface area (Å²) in [4.78, 5) is 26.1. The number of nitrogens with one attached hydrogen (secondary N) is 1. The molecule has 128 valence electrons. The van der Waals surface area contributed by atoms with Crippen molar-refractivity contribution < 1.29 is 22.8 Å². The topological polar surface area (TPSA) is 52.7 Å². The molecule has 3 amide bonds. The van der Waals surface area contributed by atoms with Gasteiger partial charge in [0.05, 0.1) is 0 Å². The SMILES string of the molecule is CC(=O)N1CCN(C(=O)N[C@H](CC(C)(C)C)C(F)(F)F)CC1. The van der Waals surface area contributed by atoms with Crippen LogP contribution in [0.25, 0.3) is 0 Å². The van der Waals surface area contributed by atoms with Crippen molar-refractivity contribution in [1.29, 1.82) is 0 Å². The highest BCUT2D eigenvalue weighted by Gasteiger charge is 2.43. The molecule has 0 aromatic heterocycles. The van der Waals surface area contributed by atoms with E-state index in [1.807, 2.05) is 0 Å². The summed E-state index contributed by atoms with van der Waals surface area (Å²) >= 11 is 0. The number of amides is 3. The number of rotatable bonds is 2. The first kappa shape index (κ1) is 18.6. The van der Waals surface area contributed by atoms with Gasteiger partial charge in [-0.05, 0) is 11.8 Å². The molecular weight excluding hydrogens is 299 g/mol. The van der Waals surface area contributed by atoms with Gasteiger partial charge in [-0.2, -0.15) is 13.2 Å². The van der Waals surface area contributed by atoms with Crippen LogP contribution in [0.3, 0.4) is 0 Å². The smallest absolute Gasteiger partial charge is 0.339 e. The van der Waals surface area contributed by atoms with E-state index in [0.717, 1.165) is 0 Å². The van der Waals surface area contributed by atoms with Crippen LogP contribution in [0, 0.1) is 5.41 Å². The monoisotopic (exact) mass is 323 g/mol. The van der Waals surface area contributed by atoms with E-state index in [-0.39, 0.29) is 25.4 Å². The molecule has 22 heavy (non-hydrogen) atoms. The van der Waals surface area contributed by atoms with E-state index in [9.17, 15) is 22.8 Å². The third-order valence-electron chi connectivity index (χ3n) is 3.52. The lowest BCUT2D eigenvalue weighted by molar-refractivity contribution is -0.159. The number of carbonyl (C=O) groups excluding carboxylic acids is 2. The first-order valence-electron chi connectivity index (χ1n) is 7.28. The van der Waals surface area contributed by atoms with Gasteiger partial charge in [0, 0.05) is 33.1 Å². The van der Waals surface area contributed by atoms with Crippen molar-refractivity contribution in [2.24, 2.45) is 5.41 Å². The van der Waals surface area contributed by atoms with Crippen molar-refractivity contribution in [1.82, 2.24) is 15.1 Å². The second kappa shape index (κ2) is 6.75. The standard InChI is InChI=1S/C14H24F3N3O2/c1-10(21)19-5-7-20(8-6-19)12(22)18-11(14(15,16)17)9-13(2,3)4/h11H,5-9H2,1-4H3,(H,18,22)/t11-/m1/s1. The van der Waals surface area contributed by atoms with Crippen molar-refractivity contribution >= 4 is 11.9 Å². The van der Waals surface area contributed by atoms with Crippen LogP contribution >= 0.6 is 0 Å². The quantitative estimate of drug-likeness (QED) is 0.847. The number of carbonyl (C=O) groups is 2. The number of hydrogen-bond acceptors (Lipinski definition) is 2. The van der Waals surface area contributed by atoms with E-state index in [1.165, 1.54) is 11.8 Å². The summed E-state index contributed by atoms with van der Waals surface area (Å²) in [7, 11) is 0. The third-order valence-corrected chi connectivity index (χ3v) is 3.52. The molecular formula is C14H24F3N3O2. The Bertz CT molecular complexity index is 411. The average Bonchev–Trinajstić information content (AvgIpc) is 2.35. The first-order chi connectivity index (χ1) is 9.90. The predicted octanol–water partition coefficient (Wildman–Crippen LogP) is 2.23. The highest BCUT2D eigenvalue weighted by Crippen LogP contribution is 2.30. The van der Waals surface area contributed by atoms with Crippen LogP contribution in [0.15, 0.2) is 0 Å². The van der Waals surface area contributed by atoms with Crippen molar-refractivity contribution in [2.45, 2.75) is 46.3 Å². The van der Waals surface area contributed by atoms with Crippen molar-refractivity contribution in [3.63, 3.8) is 0 Å². The molecule has 8 heteroatoms. The number of alkyl halides is 3. The largest absolute Gasteiger partial charge is 0.408 e. The molecule has 1 aliphatic heterocycles. The fraction of sp³-hybridized carbons (Fsp3) is 0.857. The summed E-state index contributed by atoms with van der Waals surface area (Å²) in [6.07, 6.45) is -4.67. The Balaban J connectivity index is 2.63. The average molecular weight is 323 g/mol. The van der Waals surface area contributed by atoms with Gasteiger partial charge in [-0.25, -0.2) is 4.79 Å². The maximum atomic E-state index is 13.1. The summed E-state index contributed by atoms with van der Waals surface area (Å²) in [5, 5.41) is 2.09. The Labute approximate surface area is 128 Å². The van der Waals surface area contributed by atoms with Gasteiger partial charge in [-0.3, -0.25) is 4.79 Å². The highest BCUT2D eigenvalue weighted by atomic mass is 19.4. The van der Waals surface area contributed by atoms with Crippen molar-refractivity contribution in [2.75, 3.05) is 26.2 Å². The fourth-order valence-corrected chi connectivity index (χ4v) is 2.33. The Kier molecular flexibility index (Phi) is 5.70. The molecule has 0 saturated carbocycles. The minimum absolute atomic E-state index is 0.0963. The number of nitrogens with zero attached hydrogens (tertiary/aromatic N) is 2. The highest BCUT2D eigenvalue weighted by molar-refractivity contribution is 5.76. The van der Waals surface area contributed by atoms with Gasteiger partial charge >= 0.3 is 12.2 Å². The van der Waals surface area contributed by atoms with Crippen LogP contribution in [-0.2, 0) is 4.79 Å². The van der Waals surface area contributed by atoms with E-state index in [4.69, 9.17) is 0 Å². The molecule has 1 heterocycles. The van der Waals surface area contributed by atoms with Crippen molar-refractivity contribution in [3.05, 3.63) is 0 Å². The molecule has 1 rings (SSSR count). The maximum Gasteiger partial charge on any atom is 0.408 e. The zero-order chi connectivity index (χ0) is 17.1. The summed E-state index contributed by atoms with van der Waals surface area (Å²) in [5.74, 6) is -0.0963. The van der Waals surface area contributed by atoms with Crippen molar-refractivity contribution in [3.8, 4) is 0 Å². The fourth-order valence-electron chi connectivity index (χ4n) is 2.33. The first-order valence-corrected chi connectivity index (χ1v) is 7.28. The van der Waals surface area contributed by atoms with E-state index in [1.54, 1.807) is 25.7 Å². The van der Waals surface area contributed by atoms with Crippen LogP contribution in [0.1, 0.15) is 34.1 Å². The maximum absolute atomic E-state index is 13.1. The number of piperazine rings is 1. The Morgan fingerprint density at radius 2 is 1.50 bits per heavy atom. The normalized spacial score (nSPS) is 18.1. The van der Waals surface area contributed by atoms with Crippen LogP contribution in [0.4, 0.5) is 18.0 Å². The molecule has 0 radical (unpaired) electrons. The molecule has 5 nitrogen and oxygen atoms in total. The van der Waals surface area contributed by atoms with Crippen LogP contribution in [-0.4, -0.2) is 60.1 Å². The molecule has 1 atom stereocenters. The second-order valence-electron chi connectivity index (χ2n) is 6.80. The minimum atomic E-state index is -4.48. The van der Waals surface area contributed by atoms with Gasteiger partial charge in [0.25, 0.3) is 0 Å². The van der Waals surface area contributed by atoms with Gasteiger partial charge in [-0.1, -0.05) is 20.8 Å². The summed E-state index contributed by atoms with van der Waals surface area (Å²) in [6, 6.07) is -2.60. The third kappa shape index (κ3) is 5.73. The van der Waals surface area contributed by atoms with Crippen LogP contribution < -0.4 is 5.32 Å². The van der Waals surface area contributed by atoms with E-state index in [2.05, 4.69) is 5.32 Å². The van der Waals surface area contributed by atoms with E-state index >= 15 is 0 Å².